The zero-order valence-corrected chi connectivity index (χ0v) is 19.1. The number of likely N-dealkylation sites (tertiary alicyclic amines) is 1. The Morgan fingerprint density at radius 1 is 1.09 bits per heavy atom. The lowest BCUT2D eigenvalue weighted by Crippen LogP contribution is -2.51. The summed E-state index contributed by atoms with van der Waals surface area (Å²) in [5, 5.41) is 0. The number of ether oxygens (including phenoxy) is 1. The van der Waals surface area contributed by atoms with E-state index in [4.69, 9.17) is 4.74 Å². The van der Waals surface area contributed by atoms with E-state index in [0.29, 0.717) is 0 Å². The third kappa shape index (κ3) is 4.32. The van der Waals surface area contributed by atoms with E-state index in [1.807, 2.05) is 0 Å². The van der Waals surface area contributed by atoms with E-state index in [1.54, 1.807) is 20.8 Å². The third-order valence-corrected chi connectivity index (χ3v) is 8.61. The van der Waals surface area contributed by atoms with Crippen molar-refractivity contribution in [1.29, 1.82) is 0 Å². The van der Waals surface area contributed by atoms with Crippen molar-refractivity contribution < 1.29 is 43.7 Å². The van der Waals surface area contributed by atoms with Crippen LogP contribution in [0.15, 0.2) is 35.2 Å². The maximum Gasteiger partial charge on any atom is 0.534 e. The molecule has 0 saturated carbocycles. The predicted molar refractivity (Wildman–Crippen MR) is 107 cm³/mol. The third-order valence-electron chi connectivity index (χ3n) is 5.12. The lowest BCUT2D eigenvalue weighted by Gasteiger charge is -2.41. The van der Waals surface area contributed by atoms with E-state index in [-0.39, 0.29) is 36.4 Å². The number of alkyl halides is 3. The van der Waals surface area contributed by atoms with Crippen molar-refractivity contribution in [1.82, 2.24) is 4.90 Å². The summed E-state index contributed by atoms with van der Waals surface area (Å²) in [6.07, 6.45) is -0.0922. The maximum absolute atomic E-state index is 13.4. The topological polar surface area (TPSA) is 107 Å². The summed E-state index contributed by atoms with van der Waals surface area (Å²) in [7, 11) is -10.1. The Balaban J connectivity index is 2.01. The molecule has 13 heteroatoms. The molecule has 178 valence electrons. The van der Waals surface area contributed by atoms with Crippen LogP contribution in [0, 0.1) is 0 Å². The minimum atomic E-state index is -6.02. The number of amides is 1. The molecule has 32 heavy (non-hydrogen) atoms. The SMILES string of the molecule is CC(C)(C)OC(=O)N1CCC2(C=C(OS(=O)(=O)C(F)(F)F)c3ccccc3S2(=O)=O)CC1. The molecular weight excluding hydrogens is 475 g/mol. The molecule has 1 amide bonds. The molecule has 3 rings (SSSR count). The molecule has 1 fully saturated rings. The number of sulfone groups is 1. The number of hydrogen-bond donors (Lipinski definition) is 0. The van der Waals surface area contributed by atoms with Gasteiger partial charge < -0.3 is 13.8 Å². The molecule has 1 saturated heterocycles. The van der Waals surface area contributed by atoms with E-state index in [1.165, 1.54) is 29.2 Å². The molecule has 0 radical (unpaired) electrons. The molecule has 1 aromatic rings. The van der Waals surface area contributed by atoms with Crippen LogP contribution in [0.25, 0.3) is 5.76 Å². The lowest BCUT2D eigenvalue weighted by atomic mass is 9.93. The first-order valence-corrected chi connectivity index (χ1v) is 12.4. The van der Waals surface area contributed by atoms with Crippen molar-refractivity contribution in [3.63, 3.8) is 0 Å². The summed E-state index contributed by atoms with van der Waals surface area (Å²) in [6, 6.07) is 5.09. The quantitative estimate of drug-likeness (QED) is 0.455. The number of rotatable bonds is 2. The summed E-state index contributed by atoms with van der Waals surface area (Å²) >= 11 is 0. The number of carbonyl (C=O) groups is 1. The number of hydrogen-bond acceptors (Lipinski definition) is 7. The van der Waals surface area contributed by atoms with Gasteiger partial charge in [0.25, 0.3) is 0 Å². The van der Waals surface area contributed by atoms with Gasteiger partial charge in [-0.15, -0.1) is 0 Å². The number of benzene rings is 1. The lowest BCUT2D eigenvalue weighted by molar-refractivity contribution is -0.0509. The van der Waals surface area contributed by atoms with Gasteiger partial charge in [0, 0.05) is 18.7 Å². The predicted octanol–water partition coefficient (Wildman–Crippen LogP) is 3.45. The van der Waals surface area contributed by atoms with Crippen molar-refractivity contribution in [3.05, 3.63) is 35.9 Å². The molecule has 8 nitrogen and oxygen atoms in total. The molecule has 0 atom stereocenters. The van der Waals surface area contributed by atoms with Crippen LogP contribution in [-0.2, 0) is 28.9 Å². The second-order valence-electron chi connectivity index (χ2n) is 8.52. The van der Waals surface area contributed by atoms with Gasteiger partial charge in [-0.25, -0.2) is 13.2 Å². The van der Waals surface area contributed by atoms with E-state index >= 15 is 0 Å². The van der Waals surface area contributed by atoms with Crippen LogP contribution in [0.3, 0.4) is 0 Å². The van der Waals surface area contributed by atoms with Gasteiger partial charge in [-0.05, 0) is 51.8 Å². The number of fused-ring (bicyclic) bond motifs is 1. The smallest absolute Gasteiger partial charge is 0.444 e. The Bertz CT molecular complexity index is 1160. The molecule has 0 bridgehead atoms. The van der Waals surface area contributed by atoms with Crippen LogP contribution >= 0.6 is 0 Å². The summed E-state index contributed by atoms with van der Waals surface area (Å²) in [5.74, 6) is -0.710. The highest BCUT2D eigenvalue weighted by Gasteiger charge is 2.53. The molecule has 0 unspecified atom stereocenters. The Labute approximate surface area is 184 Å². The zero-order valence-electron chi connectivity index (χ0n) is 17.5. The molecule has 0 N–H and O–H groups in total. The summed E-state index contributed by atoms with van der Waals surface area (Å²) in [5.41, 5.74) is -6.73. The van der Waals surface area contributed by atoms with Crippen molar-refractivity contribution >= 4 is 31.8 Å². The van der Waals surface area contributed by atoms with Crippen LogP contribution < -0.4 is 0 Å². The van der Waals surface area contributed by atoms with E-state index in [2.05, 4.69) is 4.18 Å². The average molecular weight is 498 g/mol. The second-order valence-corrected chi connectivity index (χ2v) is 12.3. The summed E-state index contributed by atoms with van der Waals surface area (Å²) in [6.45, 7) is 4.89. The van der Waals surface area contributed by atoms with Crippen LogP contribution in [0.2, 0.25) is 0 Å². The van der Waals surface area contributed by atoms with Gasteiger partial charge >= 0.3 is 21.7 Å². The second kappa shape index (κ2) is 7.65. The van der Waals surface area contributed by atoms with E-state index in [9.17, 15) is 34.8 Å². The highest BCUT2D eigenvalue weighted by molar-refractivity contribution is 7.93. The first-order chi connectivity index (χ1) is 14.5. The Morgan fingerprint density at radius 2 is 1.66 bits per heavy atom. The maximum atomic E-state index is 13.4. The van der Waals surface area contributed by atoms with Gasteiger partial charge in [0.1, 0.15) is 16.1 Å². The molecule has 1 aromatic carbocycles. The zero-order chi connectivity index (χ0) is 24.2. The molecule has 0 aromatic heterocycles. The molecule has 2 aliphatic rings. The Morgan fingerprint density at radius 3 is 2.19 bits per heavy atom. The summed E-state index contributed by atoms with van der Waals surface area (Å²) < 4.78 is 96.7. The monoisotopic (exact) mass is 497 g/mol. The van der Waals surface area contributed by atoms with Gasteiger partial charge in [0.15, 0.2) is 9.84 Å². The highest BCUT2D eigenvalue weighted by atomic mass is 32.2. The van der Waals surface area contributed by atoms with Crippen molar-refractivity contribution in [2.24, 2.45) is 0 Å². The molecule has 2 aliphatic heterocycles. The Hall–Kier alpha value is -2.28. The fourth-order valence-electron chi connectivity index (χ4n) is 3.56. The van der Waals surface area contributed by atoms with Gasteiger partial charge in [-0.2, -0.15) is 21.6 Å². The largest absolute Gasteiger partial charge is 0.534 e. The first kappa shape index (κ1) is 24.4. The molecule has 0 aliphatic carbocycles. The van der Waals surface area contributed by atoms with Gasteiger partial charge in [-0.1, -0.05) is 12.1 Å². The molecule has 1 spiro atoms. The Kier molecular flexibility index (Phi) is 5.82. The van der Waals surface area contributed by atoms with E-state index < -0.39 is 47.7 Å². The summed E-state index contributed by atoms with van der Waals surface area (Å²) in [4.78, 5) is 13.3. The molecule has 2 heterocycles. The van der Waals surface area contributed by atoms with Crippen LogP contribution in [0.4, 0.5) is 18.0 Å². The normalized spacial score (nSPS) is 20.3. The van der Waals surface area contributed by atoms with Crippen molar-refractivity contribution in [3.8, 4) is 0 Å². The fraction of sp³-hybridized carbons (Fsp3) is 0.526. The number of halogens is 3. The number of nitrogens with zero attached hydrogens (tertiary/aromatic N) is 1. The minimum absolute atomic E-state index is 0.0634. The van der Waals surface area contributed by atoms with Gasteiger partial charge in [0.05, 0.1) is 4.90 Å². The number of piperidine rings is 1. The standard InChI is InChI=1S/C19H22F3NO7S2/c1-17(2,3)29-16(24)23-10-8-18(9-11-23)12-14(30-32(27,28)19(20,21)22)13-6-4-5-7-15(13)31(18,25)26/h4-7,12H,8-11H2,1-3H3. The minimum Gasteiger partial charge on any atom is -0.444 e. The van der Waals surface area contributed by atoms with Gasteiger partial charge in [0.2, 0.25) is 0 Å². The van der Waals surface area contributed by atoms with Gasteiger partial charge in [-0.3, -0.25) is 0 Å². The average Bonchev–Trinajstić information content (AvgIpc) is 2.64. The number of carbonyl (C=O) groups excluding carboxylic acids is 1. The van der Waals surface area contributed by atoms with Crippen molar-refractivity contribution in [2.75, 3.05) is 13.1 Å². The first-order valence-electron chi connectivity index (χ1n) is 9.55. The van der Waals surface area contributed by atoms with Crippen LogP contribution in [-0.4, -0.2) is 56.8 Å². The fourth-order valence-corrected chi connectivity index (χ4v) is 6.16. The van der Waals surface area contributed by atoms with E-state index in [0.717, 1.165) is 6.08 Å². The van der Waals surface area contributed by atoms with Crippen LogP contribution in [0.1, 0.15) is 39.2 Å². The molecular formula is C19H22F3NO7S2. The highest BCUT2D eigenvalue weighted by Crippen LogP contribution is 2.46. The van der Waals surface area contributed by atoms with Crippen molar-refractivity contribution in [2.45, 2.75) is 54.4 Å². The van der Waals surface area contributed by atoms with Crippen LogP contribution in [0.5, 0.6) is 0 Å².